The lowest BCUT2D eigenvalue weighted by molar-refractivity contribution is -0.119. The van der Waals surface area contributed by atoms with Gasteiger partial charge in [0.15, 0.2) is 0 Å². The number of piperidine rings is 1. The van der Waals surface area contributed by atoms with Crippen molar-refractivity contribution in [2.75, 3.05) is 19.6 Å². The molecule has 1 aliphatic carbocycles. The Balaban J connectivity index is 1.55. The molecule has 3 atom stereocenters. The second-order valence-corrected chi connectivity index (χ2v) is 6.36. The van der Waals surface area contributed by atoms with Crippen LogP contribution >= 0.6 is 0 Å². The van der Waals surface area contributed by atoms with Crippen LogP contribution in [0.4, 0.5) is 0 Å². The normalized spacial score (nSPS) is 41.5. The topological polar surface area (TPSA) is 52.6 Å². The van der Waals surface area contributed by atoms with Crippen LogP contribution in [0.3, 0.4) is 0 Å². The first kappa shape index (κ1) is 12.4. The highest BCUT2D eigenvalue weighted by atomic mass is 16.3. The molecule has 2 aliphatic heterocycles. The summed E-state index contributed by atoms with van der Waals surface area (Å²) in [5, 5.41) is 13.7. The van der Waals surface area contributed by atoms with Gasteiger partial charge in [-0.05, 0) is 25.7 Å². The van der Waals surface area contributed by atoms with Crippen molar-refractivity contribution < 1.29 is 9.90 Å². The zero-order chi connectivity index (χ0) is 12.6. The summed E-state index contributed by atoms with van der Waals surface area (Å²) in [6.07, 6.45) is 7.19. The summed E-state index contributed by atoms with van der Waals surface area (Å²) in [5.41, 5.74) is -0.381. The summed E-state index contributed by atoms with van der Waals surface area (Å²) in [6.45, 7) is 2.97. The van der Waals surface area contributed by atoms with E-state index in [1.165, 1.54) is 19.3 Å². The van der Waals surface area contributed by atoms with Gasteiger partial charge in [-0.3, -0.25) is 4.79 Å². The highest BCUT2D eigenvalue weighted by Gasteiger charge is 2.43. The molecule has 2 N–H and O–H groups in total. The van der Waals surface area contributed by atoms with Crippen molar-refractivity contribution in [3.05, 3.63) is 0 Å². The van der Waals surface area contributed by atoms with E-state index in [-0.39, 0.29) is 11.5 Å². The van der Waals surface area contributed by atoms with E-state index in [4.69, 9.17) is 0 Å². The Labute approximate surface area is 109 Å². The molecule has 2 heterocycles. The smallest absolute Gasteiger partial charge is 0.220 e. The predicted molar refractivity (Wildman–Crippen MR) is 69.1 cm³/mol. The Morgan fingerprint density at radius 2 is 2.22 bits per heavy atom. The standard InChI is InChI=1S/C14H24N2O2/c17-13-5-4-12(15-13)10-16-8-7-14(18)6-2-1-3-11(14)9-16/h11-12,18H,1-10H2,(H,15,17). The number of carbonyl (C=O) groups excluding carboxylic acids is 1. The van der Waals surface area contributed by atoms with Gasteiger partial charge in [0.1, 0.15) is 0 Å². The van der Waals surface area contributed by atoms with Crippen LogP contribution in [0, 0.1) is 5.92 Å². The molecule has 4 heteroatoms. The third-order valence-corrected chi connectivity index (χ3v) is 5.08. The van der Waals surface area contributed by atoms with Crippen LogP contribution in [-0.2, 0) is 4.79 Å². The third kappa shape index (κ3) is 2.41. The number of aliphatic hydroxyl groups is 1. The SMILES string of the molecule is O=C1CCC(CN2CCC3(O)CCCCC3C2)N1. The van der Waals surface area contributed by atoms with Crippen molar-refractivity contribution in [1.82, 2.24) is 10.2 Å². The zero-order valence-electron chi connectivity index (χ0n) is 11.0. The second-order valence-electron chi connectivity index (χ2n) is 6.36. The van der Waals surface area contributed by atoms with Gasteiger partial charge in [0.2, 0.25) is 5.91 Å². The van der Waals surface area contributed by atoms with Crippen LogP contribution in [0.15, 0.2) is 0 Å². The van der Waals surface area contributed by atoms with E-state index in [2.05, 4.69) is 10.2 Å². The summed E-state index contributed by atoms with van der Waals surface area (Å²) in [7, 11) is 0. The lowest BCUT2D eigenvalue weighted by Crippen LogP contribution is -2.55. The first-order chi connectivity index (χ1) is 8.66. The van der Waals surface area contributed by atoms with E-state index in [9.17, 15) is 9.90 Å². The van der Waals surface area contributed by atoms with E-state index in [1.807, 2.05) is 0 Å². The summed E-state index contributed by atoms with van der Waals surface area (Å²) < 4.78 is 0. The van der Waals surface area contributed by atoms with Crippen LogP contribution < -0.4 is 5.32 Å². The van der Waals surface area contributed by atoms with Crippen molar-refractivity contribution in [2.45, 2.75) is 56.6 Å². The van der Waals surface area contributed by atoms with Crippen molar-refractivity contribution in [1.29, 1.82) is 0 Å². The lowest BCUT2D eigenvalue weighted by atomic mass is 9.71. The number of amides is 1. The minimum Gasteiger partial charge on any atom is -0.390 e. The predicted octanol–water partition coefficient (Wildman–Crippen LogP) is 0.892. The van der Waals surface area contributed by atoms with Crippen molar-refractivity contribution in [2.24, 2.45) is 5.92 Å². The molecule has 1 saturated carbocycles. The number of fused-ring (bicyclic) bond motifs is 1. The van der Waals surface area contributed by atoms with E-state index in [0.29, 0.717) is 18.4 Å². The fraction of sp³-hybridized carbons (Fsp3) is 0.929. The molecule has 2 saturated heterocycles. The fourth-order valence-electron chi connectivity index (χ4n) is 3.93. The van der Waals surface area contributed by atoms with E-state index < -0.39 is 0 Å². The first-order valence-electron chi connectivity index (χ1n) is 7.40. The van der Waals surface area contributed by atoms with Gasteiger partial charge in [0.05, 0.1) is 5.60 Å². The van der Waals surface area contributed by atoms with Crippen LogP contribution in [0.5, 0.6) is 0 Å². The highest BCUT2D eigenvalue weighted by molar-refractivity contribution is 5.78. The zero-order valence-corrected chi connectivity index (χ0v) is 11.0. The number of carbonyl (C=O) groups is 1. The molecule has 3 fully saturated rings. The quantitative estimate of drug-likeness (QED) is 0.767. The molecule has 0 radical (unpaired) electrons. The Bertz CT molecular complexity index is 334. The van der Waals surface area contributed by atoms with Crippen LogP contribution in [-0.4, -0.2) is 47.2 Å². The van der Waals surface area contributed by atoms with Crippen LogP contribution in [0.1, 0.15) is 44.9 Å². The molecule has 102 valence electrons. The van der Waals surface area contributed by atoms with Gasteiger partial charge in [0, 0.05) is 38.0 Å². The van der Waals surface area contributed by atoms with Gasteiger partial charge in [-0.25, -0.2) is 0 Å². The Hall–Kier alpha value is -0.610. The second kappa shape index (κ2) is 4.82. The molecular weight excluding hydrogens is 228 g/mol. The van der Waals surface area contributed by atoms with E-state index in [1.54, 1.807) is 0 Å². The number of nitrogens with one attached hydrogen (secondary N) is 1. The van der Waals surface area contributed by atoms with Crippen LogP contribution in [0.25, 0.3) is 0 Å². The largest absolute Gasteiger partial charge is 0.390 e. The maximum Gasteiger partial charge on any atom is 0.220 e. The van der Waals surface area contributed by atoms with E-state index >= 15 is 0 Å². The van der Waals surface area contributed by atoms with Crippen molar-refractivity contribution in [3.8, 4) is 0 Å². The van der Waals surface area contributed by atoms with Gasteiger partial charge in [-0.2, -0.15) is 0 Å². The molecular formula is C14H24N2O2. The molecule has 0 bridgehead atoms. The van der Waals surface area contributed by atoms with Gasteiger partial charge in [-0.1, -0.05) is 12.8 Å². The minimum atomic E-state index is -0.381. The van der Waals surface area contributed by atoms with Crippen molar-refractivity contribution in [3.63, 3.8) is 0 Å². The third-order valence-electron chi connectivity index (χ3n) is 5.08. The Kier molecular flexibility index (Phi) is 3.32. The highest BCUT2D eigenvalue weighted by Crippen LogP contribution is 2.39. The number of likely N-dealkylation sites (tertiary alicyclic amines) is 1. The molecule has 18 heavy (non-hydrogen) atoms. The van der Waals surface area contributed by atoms with Crippen LogP contribution in [0.2, 0.25) is 0 Å². The van der Waals surface area contributed by atoms with Gasteiger partial charge < -0.3 is 15.3 Å². The molecule has 0 aromatic heterocycles. The number of hydrogen-bond donors (Lipinski definition) is 2. The van der Waals surface area contributed by atoms with E-state index in [0.717, 1.165) is 38.9 Å². The molecule has 1 amide bonds. The van der Waals surface area contributed by atoms with Gasteiger partial charge >= 0.3 is 0 Å². The van der Waals surface area contributed by atoms with Gasteiger partial charge in [-0.15, -0.1) is 0 Å². The minimum absolute atomic E-state index is 0.200. The molecule has 3 aliphatic rings. The molecule has 0 spiro atoms. The monoisotopic (exact) mass is 252 g/mol. The Morgan fingerprint density at radius 1 is 1.33 bits per heavy atom. The number of rotatable bonds is 2. The summed E-state index contributed by atoms with van der Waals surface area (Å²) >= 11 is 0. The Morgan fingerprint density at radius 3 is 3.00 bits per heavy atom. The maximum absolute atomic E-state index is 11.2. The number of nitrogens with zero attached hydrogens (tertiary/aromatic N) is 1. The lowest BCUT2D eigenvalue weighted by Gasteiger charge is -2.47. The molecule has 3 unspecified atom stereocenters. The maximum atomic E-state index is 11.2. The molecule has 4 nitrogen and oxygen atoms in total. The summed E-state index contributed by atoms with van der Waals surface area (Å²) in [6, 6.07) is 0.340. The molecule has 3 rings (SSSR count). The molecule has 0 aromatic rings. The summed E-state index contributed by atoms with van der Waals surface area (Å²) in [4.78, 5) is 13.6. The van der Waals surface area contributed by atoms with Crippen molar-refractivity contribution >= 4 is 5.91 Å². The number of hydrogen-bond acceptors (Lipinski definition) is 3. The first-order valence-corrected chi connectivity index (χ1v) is 7.40. The fourth-order valence-corrected chi connectivity index (χ4v) is 3.93. The molecule has 0 aromatic carbocycles. The summed E-state index contributed by atoms with van der Waals surface area (Å²) in [5.74, 6) is 0.656. The average molecular weight is 252 g/mol. The average Bonchev–Trinajstić information content (AvgIpc) is 2.75. The van der Waals surface area contributed by atoms with Gasteiger partial charge in [0.25, 0.3) is 0 Å².